The Morgan fingerprint density at radius 3 is 2.71 bits per heavy atom. The summed E-state index contributed by atoms with van der Waals surface area (Å²) in [7, 11) is -0.899. The zero-order valence-electron chi connectivity index (χ0n) is 3.97. The van der Waals surface area contributed by atoms with Gasteiger partial charge in [-0.25, -0.2) is 0 Å². The molecule has 0 aromatic heterocycles. The van der Waals surface area contributed by atoms with Crippen LogP contribution in [0.4, 0.5) is 0 Å². The van der Waals surface area contributed by atoms with Gasteiger partial charge in [0.2, 0.25) is 0 Å². The van der Waals surface area contributed by atoms with E-state index in [2.05, 4.69) is 5.32 Å². The van der Waals surface area contributed by atoms with Crippen molar-refractivity contribution in [3.05, 3.63) is 0 Å². The molecule has 0 aliphatic carbocycles. The third kappa shape index (κ3) is 5.44. The van der Waals surface area contributed by atoms with E-state index in [1.54, 1.807) is 6.19 Å². The molecule has 1 unspecified atom stereocenters. The van der Waals surface area contributed by atoms with Gasteiger partial charge in [0.25, 0.3) is 0 Å². The molecular weight excluding hydrogens is 112 g/mol. The minimum absolute atomic E-state index is 0.260. The van der Waals surface area contributed by atoms with Crippen LogP contribution < -0.4 is 5.32 Å². The van der Waals surface area contributed by atoms with Crippen molar-refractivity contribution in [1.29, 1.82) is 5.26 Å². The van der Waals surface area contributed by atoms with E-state index in [0.29, 0.717) is 0 Å². The van der Waals surface area contributed by atoms with Crippen LogP contribution in [0, 0.1) is 11.5 Å². The molecule has 0 heterocycles. The van der Waals surface area contributed by atoms with Crippen LogP contribution in [0.25, 0.3) is 0 Å². The molecule has 0 aromatic rings. The molecule has 1 atom stereocenters. The highest BCUT2D eigenvalue weighted by atomic mass is 32.2. The molecule has 0 aromatic carbocycles. The summed E-state index contributed by atoms with van der Waals surface area (Å²) < 4.78 is 10.1. The van der Waals surface area contributed by atoms with Gasteiger partial charge in [0.15, 0.2) is 6.19 Å². The molecule has 0 fully saturated rings. The van der Waals surface area contributed by atoms with Crippen LogP contribution in [0.3, 0.4) is 0 Å². The largest absolute Gasteiger partial charge is 0.311 e. The van der Waals surface area contributed by atoms with E-state index < -0.39 is 10.8 Å². The Kier molecular flexibility index (Phi) is 3.33. The fourth-order valence-corrected chi connectivity index (χ4v) is 0.402. The first kappa shape index (κ1) is 6.44. The maximum atomic E-state index is 10.1. The third-order valence-corrected chi connectivity index (χ3v) is 0.905. The van der Waals surface area contributed by atoms with Crippen LogP contribution in [-0.4, -0.2) is 16.3 Å². The summed E-state index contributed by atoms with van der Waals surface area (Å²) >= 11 is 0. The van der Waals surface area contributed by atoms with Gasteiger partial charge in [0.05, 0.1) is 5.88 Å². The Bertz CT molecular complexity index is 106. The molecule has 0 bridgehead atoms. The van der Waals surface area contributed by atoms with Gasteiger partial charge in [-0.1, -0.05) is 0 Å². The fraction of sp³-hybridized carbons (Fsp3) is 0.667. The molecule has 3 nitrogen and oxygen atoms in total. The maximum Gasteiger partial charge on any atom is 0.177 e. The highest BCUT2D eigenvalue weighted by molar-refractivity contribution is 7.84. The Hall–Kier alpha value is -0.560. The van der Waals surface area contributed by atoms with Crippen molar-refractivity contribution < 1.29 is 4.21 Å². The third-order valence-electron chi connectivity index (χ3n) is 0.354. The minimum atomic E-state index is -0.899. The zero-order chi connectivity index (χ0) is 5.70. The number of hydrogen-bond donors (Lipinski definition) is 1. The van der Waals surface area contributed by atoms with Gasteiger partial charge in [-0.2, -0.15) is 5.26 Å². The molecule has 0 rings (SSSR count). The average Bonchev–Trinajstić information content (AvgIpc) is 1.61. The lowest BCUT2D eigenvalue weighted by atomic mass is 11.2. The maximum absolute atomic E-state index is 10.1. The van der Waals surface area contributed by atoms with Crippen molar-refractivity contribution in [2.75, 3.05) is 12.1 Å². The predicted molar refractivity (Wildman–Crippen MR) is 27.7 cm³/mol. The Balaban J connectivity index is 3.02. The molecule has 0 spiro atoms. The van der Waals surface area contributed by atoms with Crippen LogP contribution in [0.1, 0.15) is 0 Å². The highest BCUT2D eigenvalue weighted by Gasteiger charge is 1.82. The Morgan fingerprint density at radius 1 is 2.00 bits per heavy atom. The van der Waals surface area contributed by atoms with Crippen LogP contribution in [0.2, 0.25) is 0 Å². The molecule has 40 valence electrons. The van der Waals surface area contributed by atoms with E-state index in [4.69, 9.17) is 5.26 Å². The van der Waals surface area contributed by atoms with Crippen molar-refractivity contribution in [2.24, 2.45) is 0 Å². The number of rotatable bonds is 2. The molecule has 0 radical (unpaired) electrons. The average molecular weight is 118 g/mol. The second-order valence-electron chi connectivity index (χ2n) is 1.01. The smallest absolute Gasteiger partial charge is 0.177 e. The van der Waals surface area contributed by atoms with Crippen LogP contribution in [-0.2, 0) is 10.8 Å². The van der Waals surface area contributed by atoms with Crippen molar-refractivity contribution >= 4 is 10.8 Å². The topological polar surface area (TPSA) is 52.9 Å². The first-order valence-corrected chi connectivity index (χ1v) is 3.42. The van der Waals surface area contributed by atoms with Crippen LogP contribution in [0.15, 0.2) is 0 Å². The van der Waals surface area contributed by atoms with E-state index >= 15 is 0 Å². The Labute approximate surface area is 44.8 Å². The molecule has 4 heteroatoms. The van der Waals surface area contributed by atoms with E-state index in [1.807, 2.05) is 0 Å². The standard InChI is InChI=1S/C3H6N2OS/c1-7(6)3-5-2-4/h5H,3H2,1H3. The Morgan fingerprint density at radius 2 is 2.57 bits per heavy atom. The minimum Gasteiger partial charge on any atom is -0.311 e. The molecule has 0 aliphatic heterocycles. The second kappa shape index (κ2) is 3.62. The number of nitrogens with one attached hydrogen (secondary N) is 1. The monoisotopic (exact) mass is 118 g/mol. The van der Waals surface area contributed by atoms with Crippen LogP contribution in [0.5, 0.6) is 0 Å². The van der Waals surface area contributed by atoms with Gasteiger partial charge in [-0.15, -0.1) is 0 Å². The number of nitrogens with zero attached hydrogens (tertiary/aromatic N) is 1. The number of hydrogen-bond acceptors (Lipinski definition) is 3. The molecule has 0 saturated heterocycles. The van der Waals surface area contributed by atoms with Crippen molar-refractivity contribution in [3.8, 4) is 6.19 Å². The van der Waals surface area contributed by atoms with Crippen molar-refractivity contribution in [1.82, 2.24) is 5.32 Å². The second-order valence-corrected chi connectivity index (χ2v) is 2.44. The summed E-state index contributed by atoms with van der Waals surface area (Å²) in [6, 6.07) is 0. The highest BCUT2D eigenvalue weighted by Crippen LogP contribution is 1.63. The molecule has 7 heavy (non-hydrogen) atoms. The summed E-state index contributed by atoms with van der Waals surface area (Å²) in [6.07, 6.45) is 3.19. The molecule has 1 N–H and O–H groups in total. The summed E-state index contributed by atoms with van der Waals surface area (Å²) in [5.74, 6) is 0.260. The summed E-state index contributed by atoms with van der Waals surface area (Å²) in [4.78, 5) is 0. The first-order chi connectivity index (χ1) is 3.27. The SMILES string of the molecule is CS(=O)CNC#N. The first-order valence-electron chi connectivity index (χ1n) is 1.69. The van der Waals surface area contributed by atoms with Crippen molar-refractivity contribution in [2.45, 2.75) is 0 Å². The van der Waals surface area contributed by atoms with Gasteiger partial charge < -0.3 is 5.32 Å². The number of nitriles is 1. The predicted octanol–water partition coefficient (Wildman–Crippen LogP) is -0.607. The van der Waals surface area contributed by atoms with Crippen LogP contribution >= 0.6 is 0 Å². The quantitative estimate of drug-likeness (QED) is 0.389. The fourth-order valence-electron chi connectivity index (χ4n) is 0.134. The normalized spacial score (nSPS) is 12.0. The van der Waals surface area contributed by atoms with Crippen molar-refractivity contribution in [3.63, 3.8) is 0 Å². The van der Waals surface area contributed by atoms with Gasteiger partial charge in [0, 0.05) is 17.1 Å². The van der Waals surface area contributed by atoms with E-state index in [-0.39, 0.29) is 5.88 Å². The van der Waals surface area contributed by atoms with Gasteiger partial charge >= 0.3 is 0 Å². The van der Waals surface area contributed by atoms with Gasteiger partial charge in [-0.3, -0.25) is 4.21 Å². The van der Waals surface area contributed by atoms with Gasteiger partial charge in [-0.05, 0) is 0 Å². The van der Waals surface area contributed by atoms with E-state index in [0.717, 1.165) is 0 Å². The zero-order valence-corrected chi connectivity index (χ0v) is 4.79. The summed E-state index contributed by atoms with van der Waals surface area (Å²) in [5, 5.41) is 10.1. The molecule has 0 amide bonds. The van der Waals surface area contributed by atoms with Gasteiger partial charge in [0.1, 0.15) is 0 Å². The summed E-state index contributed by atoms with van der Waals surface area (Å²) in [5.41, 5.74) is 0. The lowest BCUT2D eigenvalue weighted by molar-refractivity contribution is 0.684. The van der Waals surface area contributed by atoms with E-state index in [1.165, 1.54) is 6.26 Å². The summed E-state index contributed by atoms with van der Waals surface area (Å²) in [6.45, 7) is 0. The molecule has 0 aliphatic rings. The van der Waals surface area contributed by atoms with E-state index in [9.17, 15) is 4.21 Å². The lowest BCUT2D eigenvalue weighted by Gasteiger charge is -1.86. The molecular formula is C3H6N2OS. The molecule has 0 saturated carbocycles. The lowest BCUT2D eigenvalue weighted by Crippen LogP contribution is -2.11.